The third kappa shape index (κ3) is 3.90. The first-order valence-electron chi connectivity index (χ1n) is 6.38. The van der Waals surface area contributed by atoms with Crippen LogP contribution in [-0.4, -0.2) is 18.9 Å². The van der Waals surface area contributed by atoms with Crippen LogP contribution in [0.15, 0.2) is 53.4 Å². The lowest BCUT2D eigenvalue weighted by atomic mass is 10.1. The van der Waals surface area contributed by atoms with E-state index in [9.17, 15) is 13.2 Å². The average molecular weight is 305 g/mol. The lowest BCUT2D eigenvalue weighted by molar-refractivity contribution is 0.102. The Bertz CT molecular complexity index is 734. The number of carbonyl (C=O) groups is 1. The van der Waals surface area contributed by atoms with Crippen LogP contribution in [0.2, 0.25) is 0 Å². The van der Waals surface area contributed by atoms with Crippen molar-refractivity contribution in [1.82, 2.24) is 0 Å². The lowest BCUT2D eigenvalue weighted by Crippen LogP contribution is -2.12. The van der Waals surface area contributed by atoms with Crippen molar-refractivity contribution >= 4 is 21.7 Å². The summed E-state index contributed by atoms with van der Waals surface area (Å²) < 4.78 is 30.7. The van der Waals surface area contributed by atoms with Crippen molar-refractivity contribution in [3.05, 3.63) is 59.7 Å². The van der Waals surface area contributed by atoms with E-state index in [1.165, 1.54) is 24.3 Å². The molecule has 6 heteroatoms. The number of amides is 1. The molecule has 1 amide bonds. The standard InChI is InChI=1S/C15H15NO4S/c1-2-11-3-5-12(6-4-11)15(17)16-13-7-9-14(10-8-13)21(18,19)20/h3-10H,2H2,1H3,(H,16,17)(H,18,19,20). The van der Waals surface area contributed by atoms with Crippen molar-refractivity contribution in [2.45, 2.75) is 18.2 Å². The molecule has 0 fully saturated rings. The molecule has 0 aliphatic carbocycles. The molecule has 2 aromatic rings. The second-order valence-electron chi connectivity index (χ2n) is 4.50. The smallest absolute Gasteiger partial charge is 0.294 e. The van der Waals surface area contributed by atoms with Gasteiger partial charge in [-0.3, -0.25) is 9.35 Å². The molecule has 2 rings (SSSR count). The fourth-order valence-corrected chi connectivity index (χ4v) is 2.29. The maximum absolute atomic E-state index is 12.0. The van der Waals surface area contributed by atoms with Crippen LogP contribution in [0.5, 0.6) is 0 Å². The van der Waals surface area contributed by atoms with E-state index >= 15 is 0 Å². The maximum Gasteiger partial charge on any atom is 0.294 e. The van der Waals surface area contributed by atoms with Crippen LogP contribution < -0.4 is 5.32 Å². The van der Waals surface area contributed by atoms with Gasteiger partial charge in [-0.15, -0.1) is 0 Å². The minimum Gasteiger partial charge on any atom is -0.322 e. The minimum absolute atomic E-state index is 0.215. The second kappa shape index (κ2) is 6.07. The number of nitrogens with one attached hydrogen (secondary N) is 1. The Kier molecular flexibility index (Phi) is 4.40. The second-order valence-corrected chi connectivity index (χ2v) is 5.93. The number of anilines is 1. The molecule has 0 unspecified atom stereocenters. The van der Waals surface area contributed by atoms with E-state index in [0.29, 0.717) is 11.3 Å². The molecular weight excluding hydrogens is 290 g/mol. The van der Waals surface area contributed by atoms with Crippen LogP contribution in [0.3, 0.4) is 0 Å². The first-order valence-corrected chi connectivity index (χ1v) is 7.82. The molecule has 0 aliphatic heterocycles. The summed E-state index contributed by atoms with van der Waals surface area (Å²) in [5, 5.41) is 2.66. The van der Waals surface area contributed by atoms with Crippen molar-refractivity contribution in [1.29, 1.82) is 0 Å². The first-order chi connectivity index (χ1) is 9.90. The summed E-state index contributed by atoms with van der Waals surface area (Å²) in [4.78, 5) is 11.8. The Labute approximate surface area is 123 Å². The molecule has 2 N–H and O–H groups in total. The Morgan fingerprint density at radius 1 is 1.05 bits per heavy atom. The topological polar surface area (TPSA) is 83.5 Å². The van der Waals surface area contributed by atoms with Gasteiger partial charge in [-0.25, -0.2) is 0 Å². The van der Waals surface area contributed by atoms with Gasteiger partial charge in [-0.05, 0) is 48.4 Å². The van der Waals surface area contributed by atoms with Crippen molar-refractivity contribution in [3.8, 4) is 0 Å². The largest absolute Gasteiger partial charge is 0.322 e. The van der Waals surface area contributed by atoms with Gasteiger partial charge in [0.05, 0.1) is 4.90 Å². The molecule has 110 valence electrons. The van der Waals surface area contributed by atoms with Gasteiger partial charge in [0.25, 0.3) is 16.0 Å². The highest BCUT2D eigenvalue weighted by Crippen LogP contribution is 2.15. The molecule has 0 saturated carbocycles. The number of hydrogen-bond donors (Lipinski definition) is 2. The average Bonchev–Trinajstić information content (AvgIpc) is 2.47. The van der Waals surface area contributed by atoms with Gasteiger partial charge >= 0.3 is 0 Å². The summed E-state index contributed by atoms with van der Waals surface area (Å²) >= 11 is 0. The molecule has 0 spiro atoms. The number of rotatable bonds is 4. The molecule has 0 aromatic heterocycles. The summed E-state index contributed by atoms with van der Waals surface area (Å²) in [7, 11) is -4.22. The molecule has 0 radical (unpaired) electrons. The van der Waals surface area contributed by atoms with E-state index in [2.05, 4.69) is 5.32 Å². The summed E-state index contributed by atoms with van der Waals surface area (Å²) in [5.41, 5.74) is 2.11. The van der Waals surface area contributed by atoms with E-state index in [4.69, 9.17) is 4.55 Å². The minimum atomic E-state index is -4.22. The van der Waals surface area contributed by atoms with E-state index in [1.54, 1.807) is 12.1 Å². The third-order valence-corrected chi connectivity index (χ3v) is 3.90. The number of hydrogen-bond acceptors (Lipinski definition) is 3. The van der Waals surface area contributed by atoms with Gasteiger partial charge in [0.1, 0.15) is 0 Å². The molecule has 21 heavy (non-hydrogen) atoms. The van der Waals surface area contributed by atoms with Crippen LogP contribution in [0, 0.1) is 0 Å². The molecule has 0 heterocycles. The quantitative estimate of drug-likeness (QED) is 0.851. The fraction of sp³-hybridized carbons (Fsp3) is 0.133. The number of aryl methyl sites for hydroxylation is 1. The van der Waals surface area contributed by atoms with E-state index in [1.807, 2.05) is 19.1 Å². The van der Waals surface area contributed by atoms with Crippen LogP contribution in [-0.2, 0) is 16.5 Å². The molecule has 0 bridgehead atoms. The SMILES string of the molecule is CCc1ccc(C(=O)Nc2ccc(S(=O)(=O)O)cc2)cc1. The summed E-state index contributed by atoms with van der Waals surface area (Å²) in [6, 6.07) is 12.5. The molecule has 0 atom stereocenters. The van der Waals surface area contributed by atoms with Gasteiger partial charge in [-0.1, -0.05) is 19.1 Å². The van der Waals surface area contributed by atoms with E-state index in [-0.39, 0.29) is 10.8 Å². The van der Waals surface area contributed by atoms with Crippen LogP contribution in [0.4, 0.5) is 5.69 Å². The zero-order chi connectivity index (χ0) is 15.5. The van der Waals surface area contributed by atoms with Crippen LogP contribution >= 0.6 is 0 Å². The van der Waals surface area contributed by atoms with Crippen LogP contribution in [0.1, 0.15) is 22.8 Å². The normalized spacial score (nSPS) is 11.1. The monoisotopic (exact) mass is 305 g/mol. The summed E-state index contributed by atoms with van der Waals surface area (Å²) in [5.74, 6) is -0.280. The Balaban J connectivity index is 2.12. The number of benzene rings is 2. The molecule has 0 aliphatic rings. The molecule has 5 nitrogen and oxygen atoms in total. The van der Waals surface area contributed by atoms with Crippen molar-refractivity contribution in [2.75, 3.05) is 5.32 Å². The zero-order valence-electron chi connectivity index (χ0n) is 11.4. The Hall–Kier alpha value is -2.18. The van der Waals surface area contributed by atoms with Crippen molar-refractivity contribution in [3.63, 3.8) is 0 Å². The fourth-order valence-electron chi connectivity index (χ4n) is 1.81. The van der Waals surface area contributed by atoms with Gasteiger partial charge in [-0.2, -0.15) is 8.42 Å². The first kappa shape index (κ1) is 15.2. The van der Waals surface area contributed by atoms with Gasteiger partial charge < -0.3 is 5.32 Å². The highest BCUT2D eigenvalue weighted by molar-refractivity contribution is 7.85. The molecule has 2 aromatic carbocycles. The van der Waals surface area contributed by atoms with E-state index in [0.717, 1.165) is 12.0 Å². The molecular formula is C15H15NO4S. The predicted molar refractivity (Wildman–Crippen MR) is 80.0 cm³/mol. The summed E-state index contributed by atoms with van der Waals surface area (Å²) in [6.45, 7) is 2.03. The van der Waals surface area contributed by atoms with E-state index < -0.39 is 10.1 Å². The zero-order valence-corrected chi connectivity index (χ0v) is 12.2. The predicted octanol–water partition coefficient (Wildman–Crippen LogP) is 2.75. The third-order valence-electron chi connectivity index (χ3n) is 3.03. The van der Waals surface area contributed by atoms with Gasteiger partial charge in [0.15, 0.2) is 0 Å². The van der Waals surface area contributed by atoms with Gasteiger partial charge in [0.2, 0.25) is 0 Å². The maximum atomic E-state index is 12.0. The highest BCUT2D eigenvalue weighted by Gasteiger charge is 2.10. The summed E-state index contributed by atoms with van der Waals surface area (Å²) in [6.07, 6.45) is 0.902. The number of carbonyl (C=O) groups excluding carboxylic acids is 1. The van der Waals surface area contributed by atoms with Crippen molar-refractivity contribution < 1.29 is 17.8 Å². The Morgan fingerprint density at radius 2 is 1.62 bits per heavy atom. The van der Waals surface area contributed by atoms with Gasteiger partial charge in [0, 0.05) is 11.3 Å². The lowest BCUT2D eigenvalue weighted by Gasteiger charge is -2.06. The molecule has 0 saturated heterocycles. The Morgan fingerprint density at radius 3 is 2.10 bits per heavy atom. The van der Waals surface area contributed by atoms with Crippen LogP contribution in [0.25, 0.3) is 0 Å². The van der Waals surface area contributed by atoms with Crippen molar-refractivity contribution in [2.24, 2.45) is 0 Å². The highest BCUT2D eigenvalue weighted by atomic mass is 32.2.